The maximum absolute atomic E-state index is 12.0. The Morgan fingerprint density at radius 3 is 2.74 bits per heavy atom. The molecule has 0 fully saturated rings. The number of hydrogen-bond donors (Lipinski definition) is 1. The number of carbonyl (C=O) groups excluding carboxylic acids is 1. The van der Waals surface area contributed by atoms with Crippen molar-refractivity contribution in [1.29, 1.82) is 0 Å². The lowest BCUT2D eigenvalue weighted by Gasteiger charge is -2.06. The average molecular weight is 309 g/mol. The topological polar surface area (TPSA) is 64.7 Å². The first-order chi connectivity index (χ1) is 11.1. The van der Waals surface area contributed by atoms with Crippen LogP contribution in [0.25, 0.3) is 0 Å². The average Bonchev–Trinajstić information content (AvgIpc) is 3.11. The first-order valence-corrected chi connectivity index (χ1v) is 7.48. The minimum atomic E-state index is -0.141. The Bertz CT molecular complexity index is 818. The molecule has 0 bridgehead atoms. The van der Waals surface area contributed by atoms with E-state index in [0.29, 0.717) is 12.4 Å². The Balaban J connectivity index is 1.62. The molecular formula is C17H19N5O. The van der Waals surface area contributed by atoms with E-state index in [-0.39, 0.29) is 12.5 Å². The molecule has 1 N–H and O–H groups in total. The van der Waals surface area contributed by atoms with Gasteiger partial charge in [0.05, 0.1) is 6.54 Å². The van der Waals surface area contributed by atoms with E-state index in [1.807, 2.05) is 36.0 Å². The normalized spacial score (nSPS) is 10.7. The van der Waals surface area contributed by atoms with Crippen LogP contribution in [0.5, 0.6) is 0 Å². The van der Waals surface area contributed by atoms with Crippen molar-refractivity contribution in [1.82, 2.24) is 19.6 Å². The van der Waals surface area contributed by atoms with Crippen LogP contribution in [-0.4, -0.2) is 25.5 Å². The van der Waals surface area contributed by atoms with Crippen LogP contribution in [0.15, 0.2) is 48.8 Å². The second kappa shape index (κ2) is 6.48. The summed E-state index contributed by atoms with van der Waals surface area (Å²) in [5.74, 6) is 0.409. The molecule has 2 aromatic heterocycles. The number of rotatable bonds is 5. The highest BCUT2D eigenvalue weighted by Crippen LogP contribution is 2.10. The van der Waals surface area contributed by atoms with Crippen LogP contribution >= 0.6 is 0 Å². The van der Waals surface area contributed by atoms with E-state index in [4.69, 9.17) is 0 Å². The molecule has 23 heavy (non-hydrogen) atoms. The molecule has 0 aliphatic heterocycles. The van der Waals surface area contributed by atoms with Gasteiger partial charge in [0.2, 0.25) is 5.91 Å². The second-order valence-corrected chi connectivity index (χ2v) is 5.50. The van der Waals surface area contributed by atoms with Crippen molar-refractivity contribution in [2.45, 2.75) is 26.9 Å². The van der Waals surface area contributed by atoms with E-state index < -0.39 is 0 Å². The molecule has 0 unspecified atom stereocenters. The van der Waals surface area contributed by atoms with Gasteiger partial charge in [0, 0.05) is 24.2 Å². The van der Waals surface area contributed by atoms with Crippen molar-refractivity contribution in [3.8, 4) is 0 Å². The smallest absolute Gasteiger partial charge is 0.247 e. The lowest BCUT2D eigenvalue weighted by molar-refractivity contribution is -0.117. The zero-order valence-electron chi connectivity index (χ0n) is 13.2. The highest BCUT2D eigenvalue weighted by atomic mass is 16.2. The van der Waals surface area contributed by atoms with E-state index in [1.165, 1.54) is 11.1 Å². The first kappa shape index (κ1) is 15.0. The van der Waals surface area contributed by atoms with E-state index in [0.717, 1.165) is 5.69 Å². The third-order valence-corrected chi connectivity index (χ3v) is 3.72. The van der Waals surface area contributed by atoms with Gasteiger partial charge in [0.15, 0.2) is 5.82 Å². The van der Waals surface area contributed by atoms with Gasteiger partial charge in [0.25, 0.3) is 0 Å². The summed E-state index contributed by atoms with van der Waals surface area (Å²) in [5.41, 5.74) is 3.38. The molecule has 0 spiro atoms. The molecule has 0 radical (unpaired) electrons. The number of carbonyl (C=O) groups is 1. The predicted molar refractivity (Wildman–Crippen MR) is 88.1 cm³/mol. The van der Waals surface area contributed by atoms with Crippen molar-refractivity contribution < 1.29 is 4.79 Å². The number of benzene rings is 1. The number of nitrogens with zero attached hydrogens (tertiary/aromatic N) is 4. The van der Waals surface area contributed by atoms with Gasteiger partial charge < -0.3 is 5.32 Å². The molecular weight excluding hydrogens is 290 g/mol. The summed E-state index contributed by atoms with van der Waals surface area (Å²) in [5, 5.41) is 11.3. The molecule has 118 valence electrons. The van der Waals surface area contributed by atoms with E-state index >= 15 is 0 Å². The molecule has 1 aromatic carbocycles. The van der Waals surface area contributed by atoms with Crippen molar-refractivity contribution in [3.05, 3.63) is 65.6 Å². The summed E-state index contributed by atoms with van der Waals surface area (Å²) in [6.07, 6.45) is 3.54. The Labute approximate surface area is 134 Å². The minimum Gasteiger partial charge on any atom is -0.308 e. The molecule has 0 saturated heterocycles. The van der Waals surface area contributed by atoms with Crippen LogP contribution in [0.2, 0.25) is 0 Å². The SMILES string of the molecule is Cc1ccccc1Cn1ccc(NC(=O)Cn2nccc2C)n1. The Kier molecular flexibility index (Phi) is 4.23. The van der Waals surface area contributed by atoms with Gasteiger partial charge in [-0.2, -0.15) is 10.2 Å². The number of aryl methyl sites for hydroxylation is 2. The lowest BCUT2D eigenvalue weighted by Crippen LogP contribution is -2.20. The van der Waals surface area contributed by atoms with Gasteiger partial charge in [-0.3, -0.25) is 14.2 Å². The number of hydrogen-bond acceptors (Lipinski definition) is 3. The Hall–Kier alpha value is -2.89. The largest absolute Gasteiger partial charge is 0.308 e. The van der Waals surface area contributed by atoms with Crippen LogP contribution in [0.4, 0.5) is 5.82 Å². The summed E-state index contributed by atoms with van der Waals surface area (Å²) in [7, 11) is 0. The van der Waals surface area contributed by atoms with Crippen molar-refractivity contribution in [2.75, 3.05) is 5.32 Å². The fourth-order valence-corrected chi connectivity index (χ4v) is 2.36. The van der Waals surface area contributed by atoms with Gasteiger partial charge in [-0.1, -0.05) is 24.3 Å². The van der Waals surface area contributed by atoms with Crippen LogP contribution in [-0.2, 0) is 17.9 Å². The second-order valence-electron chi connectivity index (χ2n) is 5.50. The first-order valence-electron chi connectivity index (χ1n) is 7.48. The number of nitrogens with one attached hydrogen (secondary N) is 1. The highest BCUT2D eigenvalue weighted by Gasteiger charge is 2.08. The van der Waals surface area contributed by atoms with E-state index in [1.54, 1.807) is 16.9 Å². The lowest BCUT2D eigenvalue weighted by atomic mass is 10.1. The Morgan fingerprint density at radius 1 is 1.17 bits per heavy atom. The molecule has 3 aromatic rings. The molecule has 2 heterocycles. The quantitative estimate of drug-likeness (QED) is 0.787. The van der Waals surface area contributed by atoms with Crippen LogP contribution in [0.3, 0.4) is 0 Å². The van der Waals surface area contributed by atoms with E-state index in [2.05, 4.69) is 34.6 Å². The zero-order valence-corrected chi connectivity index (χ0v) is 13.2. The fourth-order valence-electron chi connectivity index (χ4n) is 2.36. The summed E-state index contributed by atoms with van der Waals surface area (Å²) < 4.78 is 3.47. The Morgan fingerprint density at radius 2 is 2.00 bits per heavy atom. The molecule has 0 aliphatic rings. The minimum absolute atomic E-state index is 0.141. The third-order valence-electron chi connectivity index (χ3n) is 3.72. The van der Waals surface area contributed by atoms with Crippen molar-refractivity contribution in [3.63, 3.8) is 0 Å². The monoisotopic (exact) mass is 309 g/mol. The molecule has 0 saturated carbocycles. The van der Waals surface area contributed by atoms with Gasteiger partial charge >= 0.3 is 0 Å². The van der Waals surface area contributed by atoms with Crippen LogP contribution < -0.4 is 5.32 Å². The van der Waals surface area contributed by atoms with Crippen LogP contribution in [0, 0.1) is 13.8 Å². The fraction of sp³-hybridized carbons (Fsp3) is 0.235. The molecule has 6 nitrogen and oxygen atoms in total. The molecule has 1 amide bonds. The highest BCUT2D eigenvalue weighted by molar-refractivity contribution is 5.89. The van der Waals surface area contributed by atoms with E-state index in [9.17, 15) is 4.79 Å². The predicted octanol–water partition coefficient (Wildman–Crippen LogP) is 2.38. The number of aromatic nitrogens is 4. The standard InChI is InChI=1S/C17H19N5O/c1-13-5-3-4-6-15(13)11-21-10-8-16(20-21)19-17(23)12-22-14(2)7-9-18-22/h3-10H,11-12H2,1-2H3,(H,19,20,23). The van der Waals surface area contributed by atoms with Crippen LogP contribution in [0.1, 0.15) is 16.8 Å². The van der Waals surface area contributed by atoms with Gasteiger partial charge in [-0.25, -0.2) is 0 Å². The van der Waals surface area contributed by atoms with Crippen molar-refractivity contribution in [2.24, 2.45) is 0 Å². The molecule has 0 aliphatic carbocycles. The molecule has 3 rings (SSSR count). The summed E-state index contributed by atoms with van der Waals surface area (Å²) >= 11 is 0. The maximum atomic E-state index is 12.0. The number of amides is 1. The summed E-state index contributed by atoms with van der Waals surface area (Å²) in [6.45, 7) is 4.86. The third kappa shape index (κ3) is 3.66. The van der Waals surface area contributed by atoms with Gasteiger partial charge in [0.1, 0.15) is 6.54 Å². The summed E-state index contributed by atoms with van der Waals surface area (Å²) in [6, 6.07) is 11.9. The maximum Gasteiger partial charge on any atom is 0.247 e. The van der Waals surface area contributed by atoms with Gasteiger partial charge in [-0.15, -0.1) is 0 Å². The molecule has 0 atom stereocenters. The summed E-state index contributed by atoms with van der Waals surface area (Å²) in [4.78, 5) is 12.0. The number of anilines is 1. The van der Waals surface area contributed by atoms with Crippen molar-refractivity contribution >= 4 is 11.7 Å². The molecule has 6 heteroatoms. The van der Waals surface area contributed by atoms with Gasteiger partial charge in [-0.05, 0) is 31.0 Å². The zero-order chi connectivity index (χ0) is 16.2.